The van der Waals surface area contributed by atoms with E-state index in [0.717, 1.165) is 4.47 Å². The summed E-state index contributed by atoms with van der Waals surface area (Å²) < 4.78 is 1.09. The second kappa shape index (κ2) is 5.71. The fourth-order valence-corrected chi connectivity index (χ4v) is 3.52. The van der Waals surface area contributed by atoms with E-state index in [1.165, 1.54) is 53.5 Å². The lowest BCUT2D eigenvalue weighted by molar-refractivity contribution is 0.682. The molecule has 0 amide bonds. The number of benzene rings is 2. The average molecular weight is 330 g/mol. The maximum absolute atomic E-state index is 6.49. The molecule has 0 aliphatic heterocycles. The van der Waals surface area contributed by atoms with E-state index in [1.54, 1.807) is 0 Å². The van der Waals surface area contributed by atoms with Crippen LogP contribution in [0.25, 0.3) is 0 Å². The SMILES string of the molecule is Cc1ccc(Br)c(C(N)c2ccc3c(c2)CCCC3)c1. The summed E-state index contributed by atoms with van der Waals surface area (Å²) in [6.07, 6.45) is 5.05. The number of fused-ring (bicyclic) bond motifs is 1. The monoisotopic (exact) mass is 329 g/mol. The Morgan fingerprint density at radius 3 is 2.55 bits per heavy atom. The van der Waals surface area contributed by atoms with Gasteiger partial charge in [0.2, 0.25) is 0 Å². The predicted octanol–water partition coefficient (Wildman–Crippen LogP) is 4.68. The Morgan fingerprint density at radius 2 is 1.75 bits per heavy atom. The zero-order chi connectivity index (χ0) is 14.1. The second-order valence-corrected chi connectivity index (χ2v) is 6.59. The summed E-state index contributed by atoms with van der Waals surface area (Å²) in [5.74, 6) is 0. The largest absolute Gasteiger partial charge is 0.320 e. The second-order valence-electron chi connectivity index (χ2n) is 5.74. The van der Waals surface area contributed by atoms with Gasteiger partial charge in [-0.25, -0.2) is 0 Å². The molecule has 2 N–H and O–H groups in total. The minimum atomic E-state index is -0.0588. The molecule has 0 aromatic heterocycles. The summed E-state index contributed by atoms with van der Waals surface area (Å²) in [6, 6.07) is 13.1. The summed E-state index contributed by atoms with van der Waals surface area (Å²) in [4.78, 5) is 0. The lowest BCUT2D eigenvalue weighted by atomic mass is 9.88. The van der Waals surface area contributed by atoms with Gasteiger partial charge < -0.3 is 5.73 Å². The fourth-order valence-electron chi connectivity index (χ4n) is 3.03. The van der Waals surface area contributed by atoms with Crippen molar-refractivity contribution in [1.82, 2.24) is 0 Å². The van der Waals surface area contributed by atoms with E-state index < -0.39 is 0 Å². The van der Waals surface area contributed by atoms with Crippen LogP contribution in [-0.2, 0) is 12.8 Å². The van der Waals surface area contributed by atoms with Gasteiger partial charge in [0, 0.05) is 4.47 Å². The zero-order valence-electron chi connectivity index (χ0n) is 11.8. The highest BCUT2D eigenvalue weighted by atomic mass is 79.9. The Labute approximate surface area is 129 Å². The van der Waals surface area contributed by atoms with Gasteiger partial charge in [-0.15, -0.1) is 0 Å². The number of aryl methyl sites for hydroxylation is 3. The molecule has 1 nitrogen and oxygen atoms in total. The van der Waals surface area contributed by atoms with Crippen LogP contribution in [-0.4, -0.2) is 0 Å². The van der Waals surface area contributed by atoms with Crippen molar-refractivity contribution in [3.05, 3.63) is 68.7 Å². The molecule has 1 atom stereocenters. The molecular weight excluding hydrogens is 310 g/mol. The van der Waals surface area contributed by atoms with E-state index in [2.05, 4.69) is 59.3 Å². The Kier molecular flexibility index (Phi) is 3.95. The van der Waals surface area contributed by atoms with Crippen LogP contribution in [0.4, 0.5) is 0 Å². The van der Waals surface area contributed by atoms with Gasteiger partial charge in [0.15, 0.2) is 0 Å². The molecule has 0 bridgehead atoms. The minimum Gasteiger partial charge on any atom is -0.320 e. The predicted molar refractivity (Wildman–Crippen MR) is 88.0 cm³/mol. The summed E-state index contributed by atoms with van der Waals surface area (Å²) in [6.45, 7) is 2.11. The van der Waals surface area contributed by atoms with Crippen molar-refractivity contribution in [2.45, 2.75) is 38.6 Å². The minimum absolute atomic E-state index is 0.0588. The lowest BCUT2D eigenvalue weighted by Crippen LogP contribution is -2.14. The molecule has 20 heavy (non-hydrogen) atoms. The first-order chi connectivity index (χ1) is 9.65. The van der Waals surface area contributed by atoms with Gasteiger partial charge >= 0.3 is 0 Å². The molecule has 0 radical (unpaired) electrons. The Bertz CT molecular complexity index is 633. The highest BCUT2D eigenvalue weighted by molar-refractivity contribution is 9.10. The standard InChI is InChI=1S/C18H20BrN/c1-12-6-9-17(19)16(10-12)18(20)15-8-7-13-4-2-3-5-14(13)11-15/h6-11,18H,2-5,20H2,1H3. The summed E-state index contributed by atoms with van der Waals surface area (Å²) in [7, 11) is 0. The molecule has 3 rings (SSSR count). The van der Waals surface area contributed by atoms with Crippen molar-refractivity contribution in [2.75, 3.05) is 0 Å². The maximum Gasteiger partial charge on any atom is 0.0563 e. The molecule has 2 aromatic carbocycles. The topological polar surface area (TPSA) is 26.0 Å². The molecule has 1 aliphatic carbocycles. The summed E-state index contributed by atoms with van der Waals surface area (Å²) in [5.41, 5.74) is 13.1. The summed E-state index contributed by atoms with van der Waals surface area (Å²) in [5, 5.41) is 0. The van der Waals surface area contributed by atoms with E-state index in [9.17, 15) is 0 Å². The van der Waals surface area contributed by atoms with E-state index in [4.69, 9.17) is 5.73 Å². The molecule has 0 spiro atoms. The van der Waals surface area contributed by atoms with Crippen LogP contribution in [0.3, 0.4) is 0 Å². The third kappa shape index (κ3) is 2.68. The van der Waals surface area contributed by atoms with Gasteiger partial charge in [0.1, 0.15) is 0 Å². The molecule has 1 unspecified atom stereocenters. The van der Waals surface area contributed by atoms with Gasteiger partial charge in [-0.2, -0.15) is 0 Å². The van der Waals surface area contributed by atoms with Gasteiger partial charge in [-0.3, -0.25) is 0 Å². The molecule has 2 aromatic rings. The normalized spacial score (nSPS) is 15.8. The van der Waals surface area contributed by atoms with E-state index in [-0.39, 0.29) is 6.04 Å². The van der Waals surface area contributed by atoms with Crippen LogP contribution in [0.2, 0.25) is 0 Å². The first kappa shape index (κ1) is 13.8. The highest BCUT2D eigenvalue weighted by Crippen LogP contribution is 2.30. The van der Waals surface area contributed by atoms with E-state index in [0.29, 0.717) is 0 Å². The smallest absolute Gasteiger partial charge is 0.0563 e. The van der Waals surface area contributed by atoms with Crippen LogP contribution < -0.4 is 5.73 Å². The van der Waals surface area contributed by atoms with E-state index in [1.807, 2.05) is 0 Å². The van der Waals surface area contributed by atoms with Crippen LogP contribution in [0.5, 0.6) is 0 Å². The van der Waals surface area contributed by atoms with Gasteiger partial charge in [0.25, 0.3) is 0 Å². The van der Waals surface area contributed by atoms with Crippen LogP contribution in [0.15, 0.2) is 40.9 Å². The molecule has 104 valence electrons. The third-order valence-corrected chi connectivity index (χ3v) is 4.94. The zero-order valence-corrected chi connectivity index (χ0v) is 13.4. The number of hydrogen-bond donors (Lipinski definition) is 1. The van der Waals surface area contributed by atoms with Crippen LogP contribution >= 0.6 is 15.9 Å². The van der Waals surface area contributed by atoms with Crippen molar-refractivity contribution in [2.24, 2.45) is 5.73 Å². The van der Waals surface area contributed by atoms with Crippen LogP contribution in [0, 0.1) is 6.92 Å². The first-order valence-electron chi connectivity index (χ1n) is 7.28. The number of nitrogens with two attached hydrogens (primary N) is 1. The van der Waals surface area contributed by atoms with Crippen molar-refractivity contribution < 1.29 is 0 Å². The van der Waals surface area contributed by atoms with Gasteiger partial charge in [0.05, 0.1) is 6.04 Å². The maximum atomic E-state index is 6.49. The molecule has 1 aliphatic rings. The quantitative estimate of drug-likeness (QED) is 0.850. The molecule has 0 saturated heterocycles. The van der Waals surface area contributed by atoms with Gasteiger partial charge in [-0.1, -0.05) is 51.8 Å². The average Bonchev–Trinajstić information content (AvgIpc) is 2.48. The molecule has 0 saturated carbocycles. The Morgan fingerprint density at radius 1 is 1.00 bits per heavy atom. The Balaban J connectivity index is 1.97. The Hall–Kier alpha value is -1.12. The first-order valence-corrected chi connectivity index (χ1v) is 8.08. The molecule has 0 fully saturated rings. The number of rotatable bonds is 2. The molecule has 0 heterocycles. The van der Waals surface area contributed by atoms with Gasteiger partial charge in [-0.05, 0) is 60.9 Å². The number of halogens is 1. The molecule has 2 heteroatoms. The highest BCUT2D eigenvalue weighted by Gasteiger charge is 2.15. The number of hydrogen-bond acceptors (Lipinski definition) is 1. The van der Waals surface area contributed by atoms with Crippen molar-refractivity contribution >= 4 is 15.9 Å². The molecular formula is C18H20BrN. The van der Waals surface area contributed by atoms with E-state index >= 15 is 0 Å². The van der Waals surface area contributed by atoms with Crippen molar-refractivity contribution in [3.63, 3.8) is 0 Å². The van der Waals surface area contributed by atoms with Crippen LogP contribution in [0.1, 0.15) is 46.7 Å². The summed E-state index contributed by atoms with van der Waals surface area (Å²) >= 11 is 3.62. The fraction of sp³-hybridized carbons (Fsp3) is 0.333. The van der Waals surface area contributed by atoms with Crippen molar-refractivity contribution in [3.8, 4) is 0 Å². The van der Waals surface area contributed by atoms with Crippen molar-refractivity contribution in [1.29, 1.82) is 0 Å². The third-order valence-electron chi connectivity index (χ3n) is 4.22. The lowest BCUT2D eigenvalue weighted by Gasteiger charge is -2.20.